The fourth-order valence-electron chi connectivity index (χ4n) is 1.58. The molecule has 17 heavy (non-hydrogen) atoms. The molecular weight excluding hydrogens is 215 g/mol. The van der Waals surface area contributed by atoms with Gasteiger partial charge in [-0.1, -0.05) is 13.8 Å². The maximum absolute atomic E-state index is 13.1. The smallest absolute Gasteiger partial charge is 0.126 e. The highest BCUT2D eigenvalue weighted by Crippen LogP contribution is 2.23. The van der Waals surface area contributed by atoms with Gasteiger partial charge >= 0.3 is 0 Å². The molecule has 1 aromatic carbocycles. The summed E-state index contributed by atoms with van der Waals surface area (Å²) in [6.07, 6.45) is 1.42. The minimum Gasteiger partial charge on any atom is -0.384 e. The largest absolute Gasteiger partial charge is 0.384 e. The third-order valence-electron chi connectivity index (χ3n) is 2.84. The van der Waals surface area contributed by atoms with E-state index >= 15 is 0 Å². The van der Waals surface area contributed by atoms with E-state index in [1.165, 1.54) is 6.07 Å². The number of aryl methyl sites for hydroxylation is 1. The first-order chi connectivity index (χ1) is 7.94. The van der Waals surface area contributed by atoms with Crippen molar-refractivity contribution in [2.24, 2.45) is 5.41 Å². The quantitative estimate of drug-likeness (QED) is 0.839. The van der Waals surface area contributed by atoms with Gasteiger partial charge in [-0.2, -0.15) is 5.26 Å². The van der Waals surface area contributed by atoms with Crippen molar-refractivity contribution in [3.05, 3.63) is 29.6 Å². The van der Waals surface area contributed by atoms with Crippen molar-refractivity contribution in [2.45, 2.75) is 33.6 Å². The lowest BCUT2D eigenvalue weighted by molar-refractivity contribution is 0.364. The lowest BCUT2D eigenvalue weighted by atomic mass is 9.88. The number of anilines is 1. The van der Waals surface area contributed by atoms with Crippen LogP contribution in [0.4, 0.5) is 10.1 Å². The first-order valence-corrected chi connectivity index (χ1v) is 5.81. The van der Waals surface area contributed by atoms with Gasteiger partial charge in [-0.05, 0) is 42.5 Å². The van der Waals surface area contributed by atoms with E-state index in [1.54, 1.807) is 19.1 Å². The number of hydrogen-bond donors (Lipinski definition) is 1. The molecule has 0 unspecified atom stereocenters. The molecule has 0 amide bonds. The predicted molar refractivity (Wildman–Crippen MR) is 68.3 cm³/mol. The van der Waals surface area contributed by atoms with Gasteiger partial charge < -0.3 is 5.32 Å². The van der Waals surface area contributed by atoms with Gasteiger partial charge in [0.25, 0.3) is 0 Å². The highest BCUT2D eigenvalue weighted by Gasteiger charge is 2.17. The fourth-order valence-corrected chi connectivity index (χ4v) is 1.58. The highest BCUT2D eigenvalue weighted by atomic mass is 19.1. The fraction of sp³-hybridized carbons (Fsp3) is 0.500. The van der Waals surface area contributed by atoms with Gasteiger partial charge in [0.2, 0.25) is 0 Å². The normalized spacial score (nSPS) is 11.0. The number of halogens is 1. The Morgan fingerprint density at radius 1 is 1.41 bits per heavy atom. The number of rotatable bonds is 5. The zero-order chi connectivity index (χ0) is 12.9. The first-order valence-electron chi connectivity index (χ1n) is 5.81. The van der Waals surface area contributed by atoms with Gasteiger partial charge in [0, 0.05) is 18.7 Å². The van der Waals surface area contributed by atoms with Crippen molar-refractivity contribution in [3.63, 3.8) is 0 Å². The van der Waals surface area contributed by atoms with Crippen molar-refractivity contribution in [1.29, 1.82) is 5.26 Å². The average molecular weight is 234 g/mol. The summed E-state index contributed by atoms with van der Waals surface area (Å²) in [5.74, 6) is -0.181. The van der Waals surface area contributed by atoms with E-state index in [-0.39, 0.29) is 11.2 Å². The van der Waals surface area contributed by atoms with E-state index in [4.69, 9.17) is 5.26 Å². The minimum absolute atomic E-state index is 0.0675. The molecule has 0 fully saturated rings. The summed E-state index contributed by atoms with van der Waals surface area (Å²) in [7, 11) is 0. The van der Waals surface area contributed by atoms with Crippen LogP contribution in [0.2, 0.25) is 0 Å². The molecule has 0 spiro atoms. The van der Waals surface area contributed by atoms with Crippen LogP contribution >= 0.6 is 0 Å². The average Bonchev–Trinajstić information content (AvgIpc) is 2.28. The van der Waals surface area contributed by atoms with Gasteiger partial charge in [0.1, 0.15) is 5.82 Å². The van der Waals surface area contributed by atoms with E-state index in [2.05, 4.69) is 25.2 Å². The van der Waals surface area contributed by atoms with Gasteiger partial charge in [-0.25, -0.2) is 4.39 Å². The third kappa shape index (κ3) is 4.44. The van der Waals surface area contributed by atoms with Crippen molar-refractivity contribution in [2.75, 3.05) is 11.9 Å². The molecule has 0 bridgehead atoms. The van der Waals surface area contributed by atoms with Crippen LogP contribution in [0.15, 0.2) is 18.2 Å². The second kappa shape index (κ2) is 5.67. The summed E-state index contributed by atoms with van der Waals surface area (Å²) < 4.78 is 13.1. The van der Waals surface area contributed by atoms with E-state index in [0.717, 1.165) is 18.7 Å². The molecule has 0 saturated carbocycles. The molecule has 0 atom stereocenters. The zero-order valence-electron chi connectivity index (χ0n) is 10.7. The molecule has 0 aliphatic heterocycles. The van der Waals surface area contributed by atoms with Gasteiger partial charge in [-0.3, -0.25) is 0 Å². The van der Waals surface area contributed by atoms with Gasteiger partial charge in [-0.15, -0.1) is 0 Å². The molecule has 0 aliphatic carbocycles. The number of nitrogens with zero attached hydrogens (tertiary/aromatic N) is 1. The lowest BCUT2D eigenvalue weighted by Gasteiger charge is -2.24. The Bertz CT molecular complexity index is 419. The second-order valence-electron chi connectivity index (χ2n) is 5.14. The molecule has 0 radical (unpaired) electrons. The van der Waals surface area contributed by atoms with Crippen LogP contribution in [0.1, 0.15) is 32.3 Å². The maximum Gasteiger partial charge on any atom is 0.126 e. The summed E-state index contributed by atoms with van der Waals surface area (Å²) in [5.41, 5.74) is 1.64. The molecule has 0 aliphatic rings. The Kier molecular flexibility index (Phi) is 4.51. The van der Waals surface area contributed by atoms with Crippen molar-refractivity contribution in [3.8, 4) is 6.07 Å². The molecule has 1 N–H and O–H groups in total. The van der Waals surface area contributed by atoms with Crippen LogP contribution in [0.3, 0.4) is 0 Å². The third-order valence-corrected chi connectivity index (χ3v) is 2.84. The van der Waals surface area contributed by atoms with Crippen molar-refractivity contribution >= 4 is 5.69 Å². The second-order valence-corrected chi connectivity index (χ2v) is 5.14. The lowest BCUT2D eigenvalue weighted by Crippen LogP contribution is -2.22. The predicted octanol–water partition coefficient (Wildman–Crippen LogP) is 3.88. The van der Waals surface area contributed by atoms with Gasteiger partial charge in [0.15, 0.2) is 0 Å². The number of nitriles is 1. The topological polar surface area (TPSA) is 35.8 Å². The summed E-state index contributed by atoms with van der Waals surface area (Å²) in [6, 6.07) is 7.17. The number of benzene rings is 1. The summed E-state index contributed by atoms with van der Waals surface area (Å²) in [5, 5.41) is 11.9. The Hall–Kier alpha value is -1.56. The summed E-state index contributed by atoms with van der Waals surface area (Å²) in [6.45, 7) is 6.77. The molecule has 1 aromatic rings. The van der Waals surface area contributed by atoms with Gasteiger partial charge in [0.05, 0.1) is 6.07 Å². The molecule has 92 valence electrons. The first kappa shape index (κ1) is 13.5. The van der Waals surface area contributed by atoms with E-state index < -0.39 is 0 Å². The van der Waals surface area contributed by atoms with Crippen molar-refractivity contribution < 1.29 is 4.39 Å². The minimum atomic E-state index is -0.181. The van der Waals surface area contributed by atoms with Crippen LogP contribution < -0.4 is 5.32 Å². The molecule has 2 nitrogen and oxygen atoms in total. The number of nitrogens with one attached hydrogen (secondary N) is 1. The highest BCUT2D eigenvalue weighted by molar-refractivity contribution is 5.46. The van der Waals surface area contributed by atoms with Crippen molar-refractivity contribution in [1.82, 2.24) is 0 Å². The molecule has 1 rings (SSSR count). The van der Waals surface area contributed by atoms with Crippen LogP contribution in [0.5, 0.6) is 0 Å². The molecule has 3 heteroatoms. The SMILES string of the molecule is Cc1cc(NCC(C)(C)CCC#N)ccc1F. The van der Waals surface area contributed by atoms with E-state index in [1.807, 2.05) is 0 Å². The molecule has 0 heterocycles. The Morgan fingerprint density at radius 3 is 2.71 bits per heavy atom. The Morgan fingerprint density at radius 2 is 2.12 bits per heavy atom. The van der Waals surface area contributed by atoms with E-state index in [0.29, 0.717) is 12.0 Å². The van der Waals surface area contributed by atoms with Crippen LogP contribution in [-0.4, -0.2) is 6.54 Å². The molecule has 0 aromatic heterocycles. The van der Waals surface area contributed by atoms with Crippen LogP contribution in [-0.2, 0) is 0 Å². The van der Waals surface area contributed by atoms with Crippen LogP contribution in [0.25, 0.3) is 0 Å². The molecule has 0 saturated heterocycles. The summed E-state index contributed by atoms with van der Waals surface area (Å²) in [4.78, 5) is 0. The summed E-state index contributed by atoms with van der Waals surface area (Å²) >= 11 is 0. The standard InChI is InChI=1S/C14H19FN2/c1-11-9-12(5-6-13(11)15)17-10-14(2,3)7-4-8-16/h5-6,9,17H,4,7,10H2,1-3H3. The maximum atomic E-state index is 13.1. The monoisotopic (exact) mass is 234 g/mol. The van der Waals surface area contributed by atoms with E-state index in [9.17, 15) is 4.39 Å². The zero-order valence-corrected chi connectivity index (χ0v) is 10.7. The molecular formula is C14H19FN2. The van der Waals surface area contributed by atoms with Crippen LogP contribution in [0, 0.1) is 29.5 Å². The Labute approximate surface area is 102 Å². The number of hydrogen-bond acceptors (Lipinski definition) is 2. The Balaban J connectivity index is 2.55.